The lowest BCUT2D eigenvalue weighted by Gasteiger charge is -2.34. The highest BCUT2D eigenvalue weighted by atomic mass is 16.4. The van der Waals surface area contributed by atoms with Crippen LogP contribution in [0.3, 0.4) is 0 Å². The molecule has 1 aliphatic rings. The van der Waals surface area contributed by atoms with Gasteiger partial charge in [-0.3, -0.25) is 4.79 Å². The number of carboxylic acids is 1. The van der Waals surface area contributed by atoms with Gasteiger partial charge in [-0.25, -0.2) is 4.79 Å². The van der Waals surface area contributed by atoms with Gasteiger partial charge in [-0.1, -0.05) is 13.0 Å². The minimum Gasteiger partial charge on any atom is -0.481 e. The molecular weight excluding hydrogens is 270 g/mol. The summed E-state index contributed by atoms with van der Waals surface area (Å²) < 4.78 is 0. The average Bonchev–Trinajstić information content (AvgIpc) is 2.46. The summed E-state index contributed by atoms with van der Waals surface area (Å²) in [7, 11) is 0. The van der Waals surface area contributed by atoms with Crippen LogP contribution in [-0.4, -0.2) is 35.1 Å². The number of carboxylic acid groups (broad SMARTS) is 1. The smallest absolute Gasteiger partial charge is 0.321 e. The van der Waals surface area contributed by atoms with Crippen LogP contribution in [-0.2, 0) is 4.79 Å². The van der Waals surface area contributed by atoms with Crippen LogP contribution >= 0.6 is 0 Å². The van der Waals surface area contributed by atoms with Crippen LogP contribution < -0.4 is 5.32 Å². The van der Waals surface area contributed by atoms with E-state index >= 15 is 0 Å². The highest BCUT2D eigenvalue weighted by molar-refractivity contribution is 5.90. The second-order valence-electron chi connectivity index (χ2n) is 5.40. The van der Waals surface area contributed by atoms with Gasteiger partial charge in [0.1, 0.15) is 0 Å². The molecule has 2 unspecified atom stereocenters. The summed E-state index contributed by atoms with van der Waals surface area (Å²) in [6.07, 6.45) is 0.586. The fourth-order valence-electron chi connectivity index (χ4n) is 2.57. The van der Waals surface area contributed by atoms with Crippen molar-refractivity contribution in [3.8, 4) is 6.07 Å². The molecule has 6 nitrogen and oxygen atoms in total. The van der Waals surface area contributed by atoms with Gasteiger partial charge < -0.3 is 15.3 Å². The second kappa shape index (κ2) is 6.27. The number of nitrogens with one attached hydrogen (secondary N) is 1. The van der Waals surface area contributed by atoms with E-state index in [1.807, 2.05) is 13.0 Å². The van der Waals surface area contributed by atoms with Crippen LogP contribution in [0.5, 0.6) is 0 Å². The molecule has 2 N–H and O–H groups in total. The minimum atomic E-state index is -0.870. The Hall–Kier alpha value is -2.55. The fraction of sp³-hybridized carbons (Fsp3) is 0.400. The molecule has 0 radical (unpaired) electrons. The van der Waals surface area contributed by atoms with Crippen molar-refractivity contribution in [1.82, 2.24) is 4.90 Å². The summed E-state index contributed by atoms with van der Waals surface area (Å²) in [5, 5.41) is 20.7. The fourth-order valence-corrected chi connectivity index (χ4v) is 2.57. The van der Waals surface area contributed by atoms with Crippen molar-refractivity contribution in [3.63, 3.8) is 0 Å². The van der Waals surface area contributed by atoms with Crippen molar-refractivity contribution < 1.29 is 14.7 Å². The molecule has 2 atom stereocenters. The number of carbonyl (C=O) groups excluding carboxylic acids is 1. The third-order valence-corrected chi connectivity index (χ3v) is 3.54. The summed E-state index contributed by atoms with van der Waals surface area (Å²) >= 11 is 0. The summed E-state index contributed by atoms with van der Waals surface area (Å²) in [6, 6.07) is 8.29. The van der Waals surface area contributed by atoms with E-state index in [4.69, 9.17) is 10.4 Å². The summed E-state index contributed by atoms with van der Waals surface area (Å²) in [5.41, 5.74) is 0.993. The molecule has 21 heavy (non-hydrogen) atoms. The van der Waals surface area contributed by atoms with Crippen molar-refractivity contribution >= 4 is 17.7 Å². The molecule has 1 aliphatic heterocycles. The Morgan fingerprint density at radius 3 is 2.86 bits per heavy atom. The van der Waals surface area contributed by atoms with Gasteiger partial charge in [0.15, 0.2) is 0 Å². The van der Waals surface area contributed by atoms with Gasteiger partial charge in [-0.2, -0.15) is 5.26 Å². The van der Waals surface area contributed by atoms with Crippen LogP contribution in [0.1, 0.15) is 18.9 Å². The largest absolute Gasteiger partial charge is 0.481 e. The van der Waals surface area contributed by atoms with Crippen LogP contribution in [0, 0.1) is 23.2 Å². The number of hydrogen-bond donors (Lipinski definition) is 2. The third-order valence-electron chi connectivity index (χ3n) is 3.54. The van der Waals surface area contributed by atoms with E-state index in [9.17, 15) is 9.59 Å². The quantitative estimate of drug-likeness (QED) is 0.871. The maximum Gasteiger partial charge on any atom is 0.321 e. The molecule has 0 aromatic heterocycles. The van der Waals surface area contributed by atoms with Gasteiger partial charge in [0.05, 0.1) is 17.6 Å². The summed E-state index contributed by atoms with van der Waals surface area (Å²) in [6.45, 7) is 2.68. The van der Waals surface area contributed by atoms with E-state index in [2.05, 4.69) is 5.32 Å². The van der Waals surface area contributed by atoms with Crippen molar-refractivity contribution in [2.75, 3.05) is 18.4 Å². The second-order valence-corrected chi connectivity index (χ2v) is 5.40. The SMILES string of the molecule is CC1CC(C(=O)O)CN(C(=O)Nc2cccc(C#N)c2)C1. The van der Waals surface area contributed by atoms with Crippen molar-refractivity contribution in [2.45, 2.75) is 13.3 Å². The Morgan fingerprint density at radius 2 is 2.19 bits per heavy atom. The van der Waals surface area contributed by atoms with E-state index in [1.165, 1.54) is 4.90 Å². The first kappa shape index (κ1) is 14.9. The van der Waals surface area contributed by atoms with Crippen LogP contribution in [0.2, 0.25) is 0 Å². The van der Waals surface area contributed by atoms with E-state index < -0.39 is 11.9 Å². The summed E-state index contributed by atoms with van der Waals surface area (Å²) in [5.74, 6) is -1.24. The minimum absolute atomic E-state index is 0.149. The van der Waals surface area contributed by atoms with Gasteiger partial charge in [-0.15, -0.1) is 0 Å². The molecule has 1 heterocycles. The number of piperidine rings is 1. The number of carbonyl (C=O) groups is 2. The number of nitrogens with zero attached hydrogens (tertiary/aromatic N) is 2. The molecule has 0 spiro atoms. The number of amides is 2. The number of urea groups is 1. The lowest BCUT2D eigenvalue weighted by molar-refractivity contribution is -0.143. The van der Waals surface area contributed by atoms with Gasteiger partial charge >= 0.3 is 12.0 Å². The molecule has 0 saturated carbocycles. The predicted molar refractivity (Wildman–Crippen MR) is 76.7 cm³/mol. The van der Waals surface area contributed by atoms with Gasteiger partial charge in [0.2, 0.25) is 0 Å². The Balaban J connectivity index is 2.05. The predicted octanol–water partition coefficient (Wildman–Crippen LogP) is 2.13. The lowest BCUT2D eigenvalue weighted by atomic mass is 9.91. The summed E-state index contributed by atoms with van der Waals surface area (Å²) in [4.78, 5) is 24.9. The number of benzene rings is 1. The Bertz CT molecular complexity index is 594. The standard InChI is InChI=1S/C15H17N3O3/c1-10-5-12(14(19)20)9-18(8-10)15(21)17-13-4-2-3-11(6-13)7-16/h2-4,6,10,12H,5,8-9H2,1H3,(H,17,21)(H,19,20). The Morgan fingerprint density at radius 1 is 1.43 bits per heavy atom. The number of likely N-dealkylation sites (tertiary alicyclic amines) is 1. The maximum atomic E-state index is 12.2. The third kappa shape index (κ3) is 3.72. The van der Waals surface area contributed by atoms with E-state index in [0.717, 1.165) is 0 Å². The molecule has 6 heteroatoms. The Kier molecular flexibility index (Phi) is 4.43. The molecule has 0 aliphatic carbocycles. The lowest BCUT2D eigenvalue weighted by Crippen LogP contribution is -2.47. The zero-order chi connectivity index (χ0) is 15.4. The zero-order valence-electron chi connectivity index (χ0n) is 11.7. The molecule has 110 valence electrons. The molecule has 2 amide bonds. The molecule has 1 aromatic carbocycles. The maximum absolute atomic E-state index is 12.2. The number of hydrogen-bond acceptors (Lipinski definition) is 3. The van der Waals surface area contributed by atoms with Crippen molar-refractivity contribution in [3.05, 3.63) is 29.8 Å². The topological polar surface area (TPSA) is 93.4 Å². The first-order chi connectivity index (χ1) is 9.99. The number of rotatable bonds is 2. The highest BCUT2D eigenvalue weighted by Gasteiger charge is 2.31. The van der Waals surface area contributed by atoms with Crippen molar-refractivity contribution in [2.24, 2.45) is 11.8 Å². The van der Waals surface area contributed by atoms with Gasteiger partial charge in [0, 0.05) is 18.8 Å². The molecule has 1 saturated heterocycles. The normalized spacial score (nSPS) is 21.4. The molecule has 2 rings (SSSR count). The molecular formula is C15H17N3O3. The van der Waals surface area contributed by atoms with Crippen LogP contribution in [0.15, 0.2) is 24.3 Å². The number of nitriles is 1. The van der Waals surface area contributed by atoms with Gasteiger partial charge in [0.25, 0.3) is 0 Å². The van der Waals surface area contributed by atoms with Crippen molar-refractivity contribution in [1.29, 1.82) is 5.26 Å². The Labute approximate surface area is 123 Å². The first-order valence-corrected chi connectivity index (χ1v) is 6.78. The van der Waals surface area contributed by atoms with Crippen LogP contribution in [0.4, 0.5) is 10.5 Å². The van der Waals surface area contributed by atoms with E-state index in [0.29, 0.717) is 24.2 Å². The first-order valence-electron chi connectivity index (χ1n) is 6.78. The van der Waals surface area contributed by atoms with Crippen LogP contribution in [0.25, 0.3) is 0 Å². The average molecular weight is 287 g/mol. The molecule has 1 fully saturated rings. The van der Waals surface area contributed by atoms with E-state index in [1.54, 1.807) is 24.3 Å². The molecule has 1 aromatic rings. The number of anilines is 1. The van der Waals surface area contributed by atoms with Gasteiger partial charge in [-0.05, 0) is 30.5 Å². The molecule has 0 bridgehead atoms. The van der Waals surface area contributed by atoms with E-state index in [-0.39, 0.29) is 18.5 Å². The number of aliphatic carboxylic acids is 1. The monoisotopic (exact) mass is 287 g/mol. The highest BCUT2D eigenvalue weighted by Crippen LogP contribution is 2.22. The zero-order valence-corrected chi connectivity index (χ0v) is 11.7.